The van der Waals surface area contributed by atoms with E-state index in [0.717, 1.165) is 0 Å². The number of hydrogen-bond donors (Lipinski definition) is 2. The Bertz CT molecular complexity index is 304. The molecule has 0 aromatic carbocycles. The maximum absolute atomic E-state index is 12.0. The molecule has 1 heterocycles. The standard InChI is InChI=1S/C8H10F3NO4/c9-8(10,11)7(16)12-2-4(1-6(14)15)5(13)3-12/h4-5,13H,1-3H2,(H,14,15)/t4-,5-/m1/s1. The van der Waals surface area contributed by atoms with E-state index in [4.69, 9.17) is 5.11 Å². The first-order chi connectivity index (χ1) is 7.21. The van der Waals surface area contributed by atoms with E-state index < -0.39 is 43.0 Å². The lowest BCUT2D eigenvalue weighted by Crippen LogP contribution is -2.40. The van der Waals surface area contributed by atoms with Gasteiger partial charge < -0.3 is 15.1 Å². The number of hydrogen-bond acceptors (Lipinski definition) is 3. The lowest BCUT2D eigenvalue weighted by Gasteiger charge is -2.17. The van der Waals surface area contributed by atoms with Crippen LogP contribution in [0.1, 0.15) is 6.42 Å². The summed E-state index contributed by atoms with van der Waals surface area (Å²) in [7, 11) is 0. The summed E-state index contributed by atoms with van der Waals surface area (Å²) in [5.41, 5.74) is 0. The van der Waals surface area contributed by atoms with Crippen LogP contribution in [0.2, 0.25) is 0 Å². The summed E-state index contributed by atoms with van der Waals surface area (Å²) < 4.78 is 36.1. The van der Waals surface area contributed by atoms with Gasteiger partial charge in [0.15, 0.2) is 0 Å². The molecule has 92 valence electrons. The van der Waals surface area contributed by atoms with Crippen LogP contribution in [0.15, 0.2) is 0 Å². The van der Waals surface area contributed by atoms with E-state index in [-0.39, 0.29) is 6.54 Å². The first-order valence-electron chi connectivity index (χ1n) is 4.47. The summed E-state index contributed by atoms with van der Waals surface area (Å²) in [6, 6.07) is 0. The van der Waals surface area contributed by atoms with Crippen LogP contribution in [-0.4, -0.2) is 52.4 Å². The molecule has 16 heavy (non-hydrogen) atoms. The van der Waals surface area contributed by atoms with Crippen molar-refractivity contribution < 1.29 is 33.0 Å². The molecule has 0 radical (unpaired) electrons. The number of nitrogens with zero attached hydrogens (tertiary/aromatic N) is 1. The number of carboxylic acid groups (broad SMARTS) is 1. The van der Waals surface area contributed by atoms with Gasteiger partial charge in [-0.3, -0.25) is 9.59 Å². The molecule has 1 rings (SSSR count). The number of carbonyl (C=O) groups excluding carboxylic acids is 1. The Morgan fingerprint density at radius 3 is 2.31 bits per heavy atom. The van der Waals surface area contributed by atoms with Crippen LogP contribution in [0, 0.1) is 5.92 Å². The summed E-state index contributed by atoms with van der Waals surface area (Å²) in [5, 5.41) is 17.7. The molecule has 1 aliphatic rings. The fraction of sp³-hybridized carbons (Fsp3) is 0.750. The topological polar surface area (TPSA) is 77.8 Å². The number of aliphatic carboxylic acids is 1. The van der Waals surface area contributed by atoms with Gasteiger partial charge in [0.1, 0.15) is 0 Å². The lowest BCUT2D eigenvalue weighted by atomic mass is 10.0. The molecule has 5 nitrogen and oxygen atoms in total. The summed E-state index contributed by atoms with van der Waals surface area (Å²) in [6.45, 7) is -0.859. The van der Waals surface area contributed by atoms with Crippen molar-refractivity contribution in [2.75, 3.05) is 13.1 Å². The quantitative estimate of drug-likeness (QED) is 0.704. The molecule has 2 N–H and O–H groups in total. The molecular formula is C8H10F3NO4. The van der Waals surface area contributed by atoms with Gasteiger partial charge in [-0.2, -0.15) is 13.2 Å². The van der Waals surface area contributed by atoms with Crippen LogP contribution in [-0.2, 0) is 9.59 Å². The fourth-order valence-corrected chi connectivity index (χ4v) is 1.62. The first-order valence-corrected chi connectivity index (χ1v) is 4.47. The number of aliphatic hydroxyl groups excluding tert-OH is 1. The van der Waals surface area contributed by atoms with Crippen molar-refractivity contribution >= 4 is 11.9 Å². The Labute approximate surface area is 88.5 Å². The molecule has 0 spiro atoms. The van der Waals surface area contributed by atoms with Crippen molar-refractivity contribution in [1.29, 1.82) is 0 Å². The Balaban J connectivity index is 2.63. The van der Waals surface area contributed by atoms with Gasteiger partial charge in [-0.25, -0.2) is 0 Å². The van der Waals surface area contributed by atoms with Crippen molar-refractivity contribution in [3.05, 3.63) is 0 Å². The lowest BCUT2D eigenvalue weighted by molar-refractivity contribution is -0.184. The predicted molar refractivity (Wildman–Crippen MR) is 44.4 cm³/mol. The van der Waals surface area contributed by atoms with Crippen molar-refractivity contribution in [3.63, 3.8) is 0 Å². The molecule has 1 amide bonds. The van der Waals surface area contributed by atoms with Gasteiger partial charge in [0.05, 0.1) is 12.5 Å². The summed E-state index contributed by atoms with van der Waals surface area (Å²) >= 11 is 0. The van der Waals surface area contributed by atoms with Crippen LogP contribution in [0.5, 0.6) is 0 Å². The molecule has 1 saturated heterocycles. The van der Waals surface area contributed by atoms with Gasteiger partial charge in [-0.05, 0) is 0 Å². The second-order valence-corrected chi connectivity index (χ2v) is 3.63. The van der Waals surface area contributed by atoms with Gasteiger partial charge in [-0.15, -0.1) is 0 Å². The maximum atomic E-state index is 12.0. The zero-order valence-electron chi connectivity index (χ0n) is 8.07. The van der Waals surface area contributed by atoms with E-state index >= 15 is 0 Å². The van der Waals surface area contributed by atoms with Crippen LogP contribution in [0.4, 0.5) is 13.2 Å². The highest BCUT2D eigenvalue weighted by Gasteiger charge is 2.46. The van der Waals surface area contributed by atoms with Crippen LogP contribution in [0.25, 0.3) is 0 Å². The van der Waals surface area contributed by atoms with Gasteiger partial charge in [0.25, 0.3) is 0 Å². The third-order valence-electron chi connectivity index (χ3n) is 2.37. The van der Waals surface area contributed by atoms with E-state index in [1.54, 1.807) is 0 Å². The monoisotopic (exact) mass is 241 g/mol. The number of alkyl halides is 3. The second kappa shape index (κ2) is 4.28. The molecule has 8 heteroatoms. The smallest absolute Gasteiger partial charge is 0.471 e. The number of carboxylic acids is 1. The summed E-state index contributed by atoms with van der Waals surface area (Å²) in [4.78, 5) is 21.6. The predicted octanol–water partition coefficient (Wildman–Crippen LogP) is -0.157. The fourth-order valence-electron chi connectivity index (χ4n) is 1.62. The van der Waals surface area contributed by atoms with E-state index in [9.17, 15) is 27.9 Å². The van der Waals surface area contributed by atoms with Crippen molar-refractivity contribution in [2.24, 2.45) is 5.92 Å². The van der Waals surface area contributed by atoms with Crippen LogP contribution in [0.3, 0.4) is 0 Å². The minimum absolute atomic E-state index is 0.383. The van der Waals surface area contributed by atoms with E-state index in [0.29, 0.717) is 4.90 Å². The van der Waals surface area contributed by atoms with Gasteiger partial charge in [0.2, 0.25) is 0 Å². The Hall–Kier alpha value is -1.31. The molecule has 2 atom stereocenters. The molecule has 0 aromatic heterocycles. The van der Waals surface area contributed by atoms with E-state index in [2.05, 4.69) is 0 Å². The third kappa shape index (κ3) is 2.84. The number of halogens is 3. The molecule has 1 fully saturated rings. The molecule has 0 bridgehead atoms. The highest BCUT2D eigenvalue weighted by Crippen LogP contribution is 2.26. The molecule has 0 aliphatic carbocycles. The minimum atomic E-state index is -4.99. The van der Waals surface area contributed by atoms with Crippen molar-refractivity contribution in [3.8, 4) is 0 Å². The van der Waals surface area contributed by atoms with Crippen LogP contribution >= 0.6 is 0 Å². The first kappa shape index (κ1) is 12.8. The summed E-state index contributed by atoms with van der Waals surface area (Å²) in [6.07, 6.45) is -6.66. The van der Waals surface area contributed by atoms with E-state index in [1.165, 1.54) is 0 Å². The molecule has 0 aromatic rings. The summed E-state index contributed by atoms with van der Waals surface area (Å²) in [5.74, 6) is -4.10. The number of carbonyl (C=O) groups is 2. The highest BCUT2D eigenvalue weighted by atomic mass is 19.4. The number of aliphatic hydroxyl groups is 1. The van der Waals surface area contributed by atoms with Crippen molar-refractivity contribution in [1.82, 2.24) is 4.90 Å². The zero-order valence-corrected chi connectivity index (χ0v) is 8.07. The number of rotatable bonds is 2. The Kier molecular flexibility index (Phi) is 3.41. The SMILES string of the molecule is O=C(O)C[C@@H]1CN(C(=O)C(F)(F)F)C[C@H]1O. The molecule has 1 aliphatic heterocycles. The highest BCUT2D eigenvalue weighted by molar-refractivity contribution is 5.82. The van der Waals surface area contributed by atoms with E-state index in [1.807, 2.05) is 0 Å². The van der Waals surface area contributed by atoms with Gasteiger partial charge in [0, 0.05) is 19.0 Å². The van der Waals surface area contributed by atoms with Gasteiger partial charge >= 0.3 is 18.1 Å². The Morgan fingerprint density at radius 1 is 1.31 bits per heavy atom. The molecule has 0 saturated carbocycles. The Morgan fingerprint density at radius 2 is 1.88 bits per heavy atom. The third-order valence-corrected chi connectivity index (χ3v) is 2.37. The number of likely N-dealkylation sites (tertiary alicyclic amines) is 1. The van der Waals surface area contributed by atoms with Crippen LogP contribution < -0.4 is 0 Å². The normalized spacial score (nSPS) is 25.9. The molecule has 0 unspecified atom stereocenters. The molecular weight excluding hydrogens is 231 g/mol. The van der Waals surface area contributed by atoms with Crippen molar-refractivity contribution in [2.45, 2.75) is 18.7 Å². The number of β-amino-alcohol motifs (C(OH)–C–C–N with tert-alkyl or cyclic N) is 1. The average Bonchev–Trinajstić information content (AvgIpc) is 2.44. The number of amides is 1. The second-order valence-electron chi connectivity index (χ2n) is 3.63. The minimum Gasteiger partial charge on any atom is -0.481 e. The maximum Gasteiger partial charge on any atom is 0.471 e. The average molecular weight is 241 g/mol. The largest absolute Gasteiger partial charge is 0.481 e. The zero-order chi connectivity index (χ0) is 12.5. The van der Waals surface area contributed by atoms with Gasteiger partial charge in [-0.1, -0.05) is 0 Å².